The first kappa shape index (κ1) is 13.6. The van der Waals surface area contributed by atoms with Gasteiger partial charge >= 0.3 is 0 Å². The molecular formula is C16H13ClN2O2. The minimum Gasteiger partial charge on any atom is -0.443 e. The van der Waals surface area contributed by atoms with E-state index in [1.165, 1.54) is 6.39 Å². The summed E-state index contributed by atoms with van der Waals surface area (Å²) in [5.74, 6) is -0.228. The van der Waals surface area contributed by atoms with Crippen molar-refractivity contribution in [1.82, 2.24) is 4.98 Å². The van der Waals surface area contributed by atoms with Gasteiger partial charge in [-0.3, -0.25) is 4.79 Å². The van der Waals surface area contributed by atoms with Gasteiger partial charge in [-0.1, -0.05) is 17.7 Å². The van der Waals surface area contributed by atoms with Crippen LogP contribution in [0.2, 0.25) is 5.02 Å². The topological polar surface area (TPSA) is 55.1 Å². The molecule has 2 aromatic carbocycles. The molecule has 1 heterocycles. The van der Waals surface area contributed by atoms with Gasteiger partial charge in [-0.2, -0.15) is 0 Å². The summed E-state index contributed by atoms with van der Waals surface area (Å²) in [6, 6.07) is 8.90. The Morgan fingerprint density at radius 2 is 2.05 bits per heavy atom. The lowest BCUT2D eigenvalue weighted by Crippen LogP contribution is -2.13. The van der Waals surface area contributed by atoms with E-state index in [0.29, 0.717) is 27.4 Å². The first-order valence-corrected chi connectivity index (χ1v) is 6.84. The van der Waals surface area contributed by atoms with E-state index in [1.54, 1.807) is 18.2 Å². The van der Waals surface area contributed by atoms with Crippen LogP contribution in [-0.2, 0) is 0 Å². The number of hydrogen-bond donors (Lipinski definition) is 1. The number of fused-ring (bicyclic) bond motifs is 1. The first-order chi connectivity index (χ1) is 10.0. The van der Waals surface area contributed by atoms with Gasteiger partial charge in [-0.05, 0) is 49.2 Å². The maximum atomic E-state index is 12.3. The number of anilines is 1. The number of aryl methyl sites for hydroxylation is 2. The number of hydrogen-bond acceptors (Lipinski definition) is 3. The van der Waals surface area contributed by atoms with Crippen molar-refractivity contribution in [2.45, 2.75) is 13.8 Å². The Morgan fingerprint density at radius 1 is 1.24 bits per heavy atom. The van der Waals surface area contributed by atoms with Crippen molar-refractivity contribution in [3.63, 3.8) is 0 Å². The molecule has 0 unspecified atom stereocenters. The molecule has 0 atom stereocenters. The molecule has 1 amide bonds. The quantitative estimate of drug-likeness (QED) is 0.765. The third-order valence-electron chi connectivity index (χ3n) is 3.26. The van der Waals surface area contributed by atoms with Crippen LogP contribution in [0.3, 0.4) is 0 Å². The van der Waals surface area contributed by atoms with Gasteiger partial charge in [0.1, 0.15) is 5.52 Å². The largest absolute Gasteiger partial charge is 0.443 e. The van der Waals surface area contributed by atoms with Gasteiger partial charge in [-0.25, -0.2) is 4.98 Å². The summed E-state index contributed by atoms with van der Waals surface area (Å²) in [5.41, 5.74) is 4.42. The van der Waals surface area contributed by atoms with Gasteiger partial charge in [0, 0.05) is 5.56 Å². The van der Waals surface area contributed by atoms with Crippen LogP contribution < -0.4 is 5.32 Å². The van der Waals surface area contributed by atoms with Crippen molar-refractivity contribution in [3.8, 4) is 0 Å². The molecule has 0 saturated heterocycles. The summed E-state index contributed by atoms with van der Waals surface area (Å²) in [5, 5.41) is 3.38. The second kappa shape index (κ2) is 5.22. The Kier molecular flexibility index (Phi) is 3.39. The number of aromatic nitrogens is 1. The van der Waals surface area contributed by atoms with Crippen LogP contribution in [0.15, 0.2) is 41.1 Å². The molecule has 1 N–H and O–H groups in total. The number of halogens is 1. The Morgan fingerprint density at radius 3 is 2.81 bits per heavy atom. The van der Waals surface area contributed by atoms with Crippen LogP contribution in [0, 0.1) is 13.8 Å². The van der Waals surface area contributed by atoms with E-state index in [1.807, 2.05) is 26.0 Å². The van der Waals surface area contributed by atoms with Gasteiger partial charge in [0.2, 0.25) is 0 Å². The van der Waals surface area contributed by atoms with Crippen LogP contribution in [0.25, 0.3) is 11.1 Å². The molecule has 21 heavy (non-hydrogen) atoms. The number of carbonyl (C=O) groups is 1. The van der Waals surface area contributed by atoms with E-state index in [4.69, 9.17) is 16.0 Å². The fraction of sp³-hybridized carbons (Fsp3) is 0.125. The van der Waals surface area contributed by atoms with Gasteiger partial charge in [0.25, 0.3) is 5.91 Å². The van der Waals surface area contributed by atoms with Gasteiger partial charge in [-0.15, -0.1) is 0 Å². The van der Waals surface area contributed by atoms with Crippen LogP contribution in [0.5, 0.6) is 0 Å². The van der Waals surface area contributed by atoms with Crippen molar-refractivity contribution in [3.05, 3.63) is 58.4 Å². The maximum absolute atomic E-state index is 12.3. The van der Waals surface area contributed by atoms with E-state index in [-0.39, 0.29) is 5.91 Å². The summed E-state index contributed by atoms with van der Waals surface area (Å²) in [6.45, 7) is 3.87. The smallest absolute Gasteiger partial charge is 0.255 e. The molecule has 4 nitrogen and oxygen atoms in total. The third kappa shape index (κ3) is 2.62. The van der Waals surface area contributed by atoms with Crippen molar-refractivity contribution >= 4 is 34.3 Å². The molecule has 0 radical (unpaired) electrons. The highest BCUT2D eigenvalue weighted by atomic mass is 35.5. The number of benzene rings is 2. The minimum absolute atomic E-state index is 0.228. The SMILES string of the molecule is Cc1cc(C)c(NC(=O)c2ccc3ocnc3c2)c(Cl)c1. The molecule has 0 aliphatic heterocycles. The molecule has 3 rings (SSSR count). The Hall–Kier alpha value is -2.33. The van der Waals surface area contributed by atoms with Crippen LogP contribution in [-0.4, -0.2) is 10.9 Å². The Labute approximate surface area is 126 Å². The zero-order valence-electron chi connectivity index (χ0n) is 11.6. The zero-order chi connectivity index (χ0) is 15.0. The summed E-state index contributed by atoms with van der Waals surface area (Å²) in [7, 11) is 0. The van der Waals surface area contributed by atoms with Crippen molar-refractivity contribution in [1.29, 1.82) is 0 Å². The maximum Gasteiger partial charge on any atom is 0.255 e. The molecule has 0 aliphatic carbocycles. The van der Waals surface area contributed by atoms with Crippen molar-refractivity contribution in [2.24, 2.45) is 0 Å². The highest BCUT2D eigenvalue weighted by molar-refractivity contribution is 6.34. The van der Waals surface area contributed by atoms with Crippen LogP contribution in [0.1, 0.15) is 21.5 Å². The van der Waals surface area contributed by atoms with Gasteiger partial charge < -0.3 is 9.73 Å². The second-order valence-corrected chi connectivity index (χ2v) is 5.33. The predicted molar refractivity (Wildman–Crippen MR) is 82.9 cm³/mol. The number of nitrogens with zero attached hydrogens (tertiary/aromatic N) is 1. The summed E-state index contributed by atoms with van der Waals surface area (Å²) in [6.07, 6.45) is 1.35. The lowest BCUT2D eigenvalue weighted by Gasteiger charge is -2.11. The third-order valence-corrected chi connectivity index (χ3v) is 3.56. The number of nitrogens with one attached hydrogen (secondary N) is 1. The summed E-state index contributed by atoms with van der Waals surface area (Å²) in [4.78, 5) is 16.4. The molecule has 5 heteroatoms. The predicted octanol–water partition coefficient (Wildman–Crippen LogP) is 4.35. The molecule has 1 aromatic heterocycles. The number of oxazole rings is 1. The Bertz CT molecular complexity index is 816. The van der Waals surface area contributed by atoms with E-state index >= 15 is 0 Å². The van der Waals surface area contributed by atoms with Crippen molar-refractivity contribution in [2.75, 3.05) is 5.32 Å². The standard InChI is InChI=1S/C16H13ClN2O2/c1-9-5-10(2)15(12(17)6-9)19-16(20)11-3-4-14-13(7-11)18-8-21-14/h3-8H,1-2H3,(H,19,20). The lowest BCUT2D eigenvalue weighted by molar-refractivity contribution is 0.102. The fourth-order valence-electron chi connectivity index (χ4n) is 2.26. The number of amides is 1. The second-order valence-electron chi connectivity index (χ2n) is 4.93. The molecule has 0 fully saturated rings. The van der Waals surface area contributed by atoms with Gasteiger partial charge in [0.05, 0.1) is 10.7 Å². The van der Waals surface area contributed by atoms with Crippen LogP contribution >= 0.6 is 11.6 Å². The Balaban J connectivity index is 1.92. The van der Waals surface area contributed by atoms with Crippen LogP contribution in [0.4, 0.5) is 5.69 Å². The summed E-state index contributed by atoms with van der Waals surface area (Å²) >= 11 is 6.20. The molecule has 0 aliphatic rings. The molecular weight excluding hydrogens is 288 g/mol. The number of carbonyl (C=O) groups excluding carboxylic acids is 1. The summed E-state index contributed by atoms with van der Waals surface area (Å²) < 4.78 is 5.16. The van der Waals surface area contributed by atoms with E-state index in [0.717, 1.165) is 11.1 Å². The van der Waals surface area contributed by atoms with E-state index in [2.05, 4.69) is 10.3 Å². The molecule has 106 valence electrons. The average molecular weight is 301 g/mol. The zero-order valence-corrected chi connectivity index (χ0v) is 12.4. The van der Waals surface area contributed by atoms with Gasteiger partial charge in [0.15, 0.2) is 12.0 Å². The van der Waals surface area contributed by atoms with E-state index in [9.17, 15) is 4.79 Å². The molecule has 0 bridgehead atoms. The molecule has 3 aromatic rings. The first-order valence-electron chi connectivity index (χ1n) is 6.46. The monoisotopic (exact) mass is 300 g/mol. The molecule has 0 spiro atoms. The normalized spacial score (nSPS) is 10.8. The number of rotatable bonds is 2. The lowest BCUT2D eigenvalue weighted by atomic mass is 10.1. The fourth-order valence-corrected chi connectivity index (χ4v) is 2.63. The average Bonchev–Trinajstić information content (AvgIpc) is 2.89. The minimum atomic E-state index is -0.228. The van der Waals surface area contributed by atoms with E-state index < -0.39 is 0 Å². The van der Waals surface area contributed by atoms with Crippen molar-refractivity contribution < 1.29 is 9.21 Å². The molecule has 0 saturated carbocycles. The highest BCUT2D eigenvalue weighted by Gasteiger charge is 2.12. The highest BCUT2D eigenvalue weighted by Crippen LogP contribution is 2.28.